The van der Waals surface area contributed by atoms with E-state index < -0.39 is 0 Å². The third kappa shape index (κ3) is 5.18. The van der Waals surface area contributed by atoms with E-state index in [1.807, 2.05) is 13.8 Å². The second kappa shape index (κ2) is 4.21. The first kappa shape index (κ1) is 8.31. The van der Waals surface area contributed by atoms with Gasteiger partial charge in [-0.1, -0.05) is 25.6 Å². The molecule has 0 aromatic heterocycles. The van der Waals surface area contributed by atoms with Crippen molar-refractivity contribution < 1.29 is 0 Å². The lowest BCUT2D eigenvalue weighted by atomic mass is 10.6. The Bertz CT molecular complexity index is 145. The molecule has 0 aliphatic carbocycles. The van der Waals surface area contributed by atoms with Crippen LogP contribution in [0.4, 0.5) is 0 Å². The molecule has 0 unspecified atom stereocenters. The van der Waals surface area contributed by atoms with Gasteiger partial charge in [0.05, 0.1) is 0 Å². The molecule has 2 N–H and O–H groups in total. The average Bonchev–Trinajstić information content (AvgIpc) is 1.63. The molecule has 0 rings (SSSR count). The quantitative estimate of drug-likeness (QED) is 0.337. The smallest absolute Gasteiger partial charge is 0.208 e. The first-order chi connectivity index (χ1) is 4.16. The zero-order valence-corrected chi connectivity index (χ0v) is 6.27. The van der Waals surface area contributed by atoms with Crippen LogP contribution in [0.25, 0.3) is 0 Å². The molecule has 0 amide bonds. The van der Waals surface area contributed by atoms with Crippen molar-refractivity contribution >= 4 is 16.9 Å². The molecule has 0 bridgehead atoms. The van der Waals surface area contributed by atoms with Crippen molar-refractivity contribution in [2.45, 2.75) is 19.1 Å². The fourth-order valence-electron chi connectivity index (χ4n) is 0.317. The fourth-order valence-corrected chi connectivity index (χ4v) is 0.894. The Balaban J connectivity index is 3.66. The van der Waals surface area contributed by atoms with E-state index in [2.05, 4.69) is 4.99 Å². The Morgan fingerprint density at radius 2 is 2.33 bits per heavy atom. The van der Waals surface area contributed by atoms with Crippen LogP contribution in [0.2, 0.25) is 0 Å². The zero-order valence-electron chi connectivity index (χ0n) is 5.46. The summed E-state index contributed by atoms with van der Waals surface area (Å²) in [6.45, 7) is 3.98. The van der Waals surface area contributed by atoms with Gasteiger partial charge in [0.15, 0.2) is 5.17 Å². The van der Waals surface area contributed by atoms with Crippen LogP contribution in [0.3, 0.4) is 0 Å². The first-order valence-electron chi connectivity index (χ1n) is 2.55. The SMILES string of the molecule is CC(C)SC(N)=NC#N. The first-order valence-corrected chi connectivity index (χ1v) is 3.43. The van der Waals surface area contributed by atoms with Gasteiger partial charge in [0.25, 0.3) is 0 Å². The molecular weight excluding hydrogens is 134 g/mol. The highest BCUT2D eigenvalue weighted by Gasteiger charge is 1.96. The number of hydrogen-bond donors (Lipinski definition) is 1. The van der Waals surface area contributed by atoms with Gasteiger partial charge < -0.3 is 5.73 Å². The van der Waals surface area contributed by atoms with E-state index in [1.54, 1.807) is 6.19 Å². The maximum atomic E-state index is 8.02. The summed E-state index contributed by atoms with van der Waals surface area (Å²) in [6, 6.07) is 0. The number of nitrogens with two attached hydrogens (primary N) is 1. The summed E-state index contributed by atoms with van der Waals surface area (Å²) in [5.74, 6) is 0. The number of rotatable bonds is 1. The largest absolute Gasteiger partial charge is 0.378 e. The summed E-state index contributed by atoms with van der Waals surface area (Å²) in [5, 5.41) is 8.75. The summed E-state index contributed by atoms with van der Waals surface area (Å²) in [4.78, 5) is 3.33. The second-order valence-electron chi connectivity index (χ2n) is 1.72. The molecule has 0 aliphatic rings. The lowest BCUT2D eigenvalue weighted by molar-refractivity contribution is 1.12. The van der Waals surface area contributed by atoms with Crippen LogP contribution in [0.1, 0.15) is 13.8 Å². The number of nitrogens with zero attached hydrogens (tertiary/aromatic N) is 2. The molecule has 0 radical (unpaired) electrons. The minimum atomic E-state index is 0.340. The van der Waals surface area contributed by atoms with Crippen LogP contribution in [-0.2, 0) is 0 Å². The third-order valence-electron chi connectivity index (χ3n) is 0.517. The van der Waals surface area contributed by atoms with Crippen molar-refractivity contribution in [3.8, 4) is 6.19 Å². The molecule has 0 saturated heterocycles. The van der Waals surface area contributed by atoms with Crippen molar-refractivity contribution in [3.05, 3.63) is 0 Å². The van der Waals surface area contributed by atoms with Crippen LogP contribution in [0.5, 0.6) is 0 Å². The number of thioether (sulfide) groups is 1. The Morgan fingerprint density at radius 1 is 1.78 bits per heavy atom. The predicted molar refractivity (Wildman–Crippen MR) is 40.0 cm³/mol. The molecule has 0 heterocycles. The van der Waals surface area contributed by atoms with Crippen molar-refractivity contribution in [1.29, 1.82) is 5.26 Å². The molecule has 4 heteroatoms. The predicted octanol–water partition coefficient (Wildman–Crippen LogP) is 0.924. The van der Waals surface area contributed by atoms with E-state index in [1.165, 1.54) is 11.8 Å². The summed E-state index contributed by atoms with van der Waals surface area (Å²) in [7, 11) is 0. The lowest BCUT2D eigenvalue weighted by Gasteiger charge is -1.99. The Labute approximate surface area is 58.9 Å². The van der Waals surface area contributed by atoms with Crippen molar-refractivity contribution in [2.75, 3.05) is 0 Å². The standard InChI is InChI=1S/C5H9N3S/c1-4(2)9-5(7)8-3-6/h4H,1-2H3,(H2,7,8). The molecule has 50 valence electrons. The van der Waals surface area contributed by atoms with Crippen molar-refractivity contribution in [1.82, 2.24) is 0 Å². The highest BCUT2D eigenvalue weighted by Crippen LogP contribution is 2.07. The van der Waals surface area contributed by atoms with Gasteiger partial charge >= 0.3 is 0 Å². The van der Waals surface area contributed by atoms with Crippen LogP contribution < -0.4 is 5.73 Å². The van der Waals surface area contributed by atoms with Gasteiger partial charge in [0, 0.05) is 5.25 Å². The molecule has 0 fully saturated rings. The molecule has 3 nitrogen and oxygen atoms in total. The Kier molecular flexibility index (Phi) is 3.89. The molecule has 0 atom stereocenters. The number of nitriles is 1. The average molecular weight is 143 g/mol. The van der Waals surface area contributed by atoms with E-state index in [-0.39, 0.29) is 0 Å². The van der Waals surface area contributed by atoms with E-state index in [0.29, 0.717) is 10.4 Å². The molecule has 9 heavy (non-hydrogen) atoms. The van der Waals surface area contributed by atoms with Crippen molar-refractivity contribution in [2.24, 2.45) is 10.7 Å². The van der Waals surface area contributed by atoms with Gasteiger partial charge in [-0.2, -0.15) is 5.26 Å². The topological polar surface area (TPSA) is 62.2 Å². The molecule has 0 aliphatic heterocycles. The van der Waals surface area contributed by atoms with Gasteiger partial charge in [0.2, 0.25) is 6.19 Å². The molecule has 0 aromatic carbocycles. The molecule has 0 aromatic rings. The summed E-state index contributed by atoms with van der Waals surface area (Å²) in [5.41, 5.74) is 5.28. The number of hydrogen-bond acceptors (Lipinski definition) is 3. The van der Waals surface area contributed by atoms with Crippen LogP contribution in [-0.4, -0.2) is 10.4 Å². The van der Waals surface area contributed by atoms with Gasteiger partial charge in [-0.05, 0) is 0 Å². The van der Waals surface area contributed by atoms with E-state index in [4.69, 9.17) is 11.0 Å². The fraction of sp³-hybridized carbons (Fsp3) is 0.600. The molecule has 0 saturated carbocycles. The molecule has 0 spiro atoms. The third-order valence-corrected chi connectivity index (χ3v) is 1.32. The maximum Gasteiger partial charge on any atom is 0.208 e. The van der Waals surface area contributed by atoms with E-state index >= 15 is 0 Å². The van der Waals surface area contributed by atoms with Gasteiger partial charge in [0.1, 0.15) is 0 Å². The highest BCUT2D eigenvalue weighted by atomic mass is 32.2. The number of amidine groups is 1. The normalized spacial score (nSPS) is 11.6. The highest BCUT2D eigenvalue weighted by molar-refractivity contribution is 8.14. The van der Waals surface area contributed by atoms with E-state index in [0.717, 1.165) is 0 Å². The Morgan fingerprint density at radius 3 is 2.67 bits per heavy atom. The zero-order chi connectivity index (χ0) is 7.28. The van der Waals surface area contributed by atoms with Crippen molar-refractivity contribution in [3.63, 3.8) is 0 Å². The second-order valence-corrected chi connectivity index (χ2v) is 3.31. The van der Waals surface area contributed by atoms with Gasteiger partial charge in [-0.25, -0.2) is 0 Å². The summed E-state index contributed by atoms with van der Waals surface area (Å²) >= 11 is 1.38. The summed E-state index contributed by atoms with van der Waals surface area (Å²) in [6.07, 6.45) is 1.61. The number of aliphatic imine (C=N–C) groups is 1. The van der Waals surface area contributed by atoms with Crippen LogP contribution >= 0.6 is 11.8 Å². The lowest BCUT2D eigenvalue weighted by Crippen LogP contribution is -2.08. The monoisotopic (exact) mass is 143 g/mol. The molecular formula is C5H9N3S. The van der Waals surface area contributed by atoms with Crippen LogP contribution in [0.15, 0.2) is 4.99 Å². The maximum absolute atomic E-state index is 8.02. The van der Waals surface area contributed by atoms with E-state index in [9.17, 15) is 0 Å². The Hall–Kier alpha value is -0.690. The van der Waals surface area contributed by atoms with Gasteiger partial charge in [-0.3, -0.25) is 0 Å². The summed E-state index contributed by atoms with van der Waals surface area (Å²) < 4.78 is 0. The minimum Gasteiger partial charge on any atom is -0.378 e. The minimum absolute atomic E-state index is 0.340. The van der Waals surface area contributed by atoms with Gasteiger partial charge in [-0.15, -0.1) is 4.99 Å². The van der Waals surface area contributed by atoms with Crippen LogP contribution in [0, 0.1) is 11.5 Å².